The SMILES string of the molecule is CN(C)c1ccnc(NC(=O)c2ccccc2)c1. The average Bonchev–Trinajstić information content (AvgIpc) is 2.40. The molecule has 0 saturated heterocycles. The van der Waals surface area contributed by atoms with Crippen LogP contribution in [-0.2, 0) is 0 Å². The first-order valence-corrected chi connectivity index (χ1v) is 5.66. The van der Waals surface area contributed by atoms with Gasteiger partial charge in [-0.1, -0.05) is 18.2 Å². The summed E-state index contributed by atoms with van der Waals surface area (Å²) in [5.74, 6) is 0.397. The quantitative estimate of drug-likeness (QED) is 0.897. The van der Waals surface area contributed by atoms with Gasteiger partial charge in [-0.05, 0) is 18.2 Å². The lowest BCUT2D eigenvalue weighted by molar-refractivity contribution is 0.102. The van der Waals surface area contributed by atoms with Crippen LogP contribution in [-0.4, -0.2) is 25.0 Å². The Balaban J connectivity index is 2.15. The highest BCUT2D eigenvalue weighted by Gasteiger charge is 2.06. The number of nitrogens with one attached hydrogen (secondary N) is 1. The Bertz CT molecular complexity index is 538. The van der Waals surface area contributed by atoms with Crippen LogP contribution in [0.4, 0.5) is 11.5 Å². The standard InChI is InChI=1S/C14H15N3O/c1-17(2)12-8-9-15-13(10-12)16-14(18)11-6-4-3-5-7-11/h3-10H,1-2H3,(H,15,16,18). The highest BCUT2D eigenvalue weighted by Crippen LogP contribution is 2.15. The molecule has 0 aliphatic carbocycles. The van der Waals surface area contributed by atoms with Gasteiger partial charge in [-0.2, -0.15) is 0 Å². The van der Waals surface area contributed by atoms with E-state index < -0.39 is 0 Å². The van der Waals surface area contributed by atoms with Gasteiger partial charge in [0.2, 0.25) is 0 Å². The van der Waals surface area contributed by atoms with Crippen LogP contribution in [0.15, 0.2) is 48.7 Å². The zero-order chi connectivity index (χ0) is 13.0. The maximum atomic E-state index is 11.9. The molecule has 0 spiro atoms. The van der Waals surface area contributed by atoms with Crippen molar-refractivity contribution in [3.05, 3.63) is 54.2 Å². The van der Waals surface area contributed by atoms with E-state index in [0.29, 0.717) is 11.4 Å². The predicted molar refractivity (Wildman–Crippen MR) is 73.0 cm³/mol. The molecule has 4 nitrogen and oxygen atoms in total. The number of rotatable bonds is 3. The van der Waals surface area contributed by atoms with Crippen LogP contribution in [0.1, 0.15) is 10.4 Å². The first kappa shape index (κ1) is 12.1. The van der Waals surface area contributed by atoms with Gasteiger partial charge in [0.1, 0.15) is 5.82 Å². The van der Waals surface area contributed by atoms with Crippen molar-refractivity contribution in [2.75, 3.05) is 24.3 Å². The molecule has 1 N–H and O–H groups in total. The van der Waals surface area contributed by atoms with Crippen LogP contribution < -0.4 is 10.2 Å². The summed E-state index contributed by atoms with van der Waals surface area (Å²) in [6, 6.07) is 12.8. The van der Waals surface area contributed by atoms with E-state index in [4.69, 9.17) is 0 Å². The third-order valence-electron chi connectivity index (χ3n) is 2.54. The molecule has 4 heteroatoms. The summed E-state index contributed by atoms with van der Waals surface area (Å²) >= 11 is 0. The summed E-state index contributed by atoms with van der Waals surface area (Å²) in [6.45, 7) is 0. The monoisotopic (exact) mass is 241 g/mol. The van der Waals surface area contributed by atoms with Gasteiger partial charge in [-0.3, -0.25) is 4.79 Å². The molecule has 1 amide bonds. The lowest BCUT2D eigenvalue weighted by Crippen LogP contribution is -2.14. The number of hydrogen-bond donors (Lipinski definition) is 1. The summed E-state index contributed by atoms with van der Waals surface area (Å²) in [4.78, 5) is 18.0. The fourth-order valence-corrected chi connectivity index (χ4v) is 1.54. The van der Waals surface area contributed by atoms with E-state index >= 15 is 0 Å². The molecule has 0 aliphatic rings. The minimum atomic E-state index is -0.154. The van der Waals surface area contributed by atoms with Gasteiger partial charge in [0.15, 0.2) is 0 Å². The smallest absolute Gasteiger partial charge is 0.256 e. The maximum Gasteiger partial charge on any atom is 0.256 e. The number of anilines is 2. The molecular weight excluding hydrogens is 226 g/mol. The van der Waals surface area contributed by atoms with Crippen LogP contribution in [0.3, 0.4) is 0 Å². The lowest BCUT2D eigenvalue weighted by Gasteiger charge is -2.13. The van der Waals surface area contributed by atoms with Gasteiger partial charge in [-0.25, -0.2) is 4.98 Å². The second kappa shape index (κ2) is 5.31. The normalized spacial score (nSPS) is 9.89. The first-order chi connectivity index (χ1) is 8.66. The van der Waals surface area contributed by atoms with Gasteiger partial charge in [0.05, 0.1) is 0 Å². The summed E-state index contributed by atoms with van der Waals surface area (Å²) in [6.07, 6.45) is 1.68. The largest absolute Gasteiger partial charge is 0.378 e. The molecule has 0 atom stereocenters. The molecule has 0 fully saturated rings. The number of pyridine rings is 1. The second-order valence-electron chi connectivity index (χ2n) is 4.11. The summed E-state index contributed by atoms with van der Waals surface area (Å²) < 4.78 is 0. The Labute approximate surface area is 106 Å². The number of aromatic nitrogens is 1. The number of carbonyl (C=O) groups excluding carboxylic acids is 1. The van der Waals surface area contributed by atoms with Crippen molar-refractivity contribution in [3.8, 4) is 0 Å². The zero-order valence-corrected chi connectivity index (χ0v) is 10.4. The van der Waals surface area contributed by atoms with Gasteiger partial charge in [0.25, 0.3) is 5.91 Å². The van der Waals surface area contributed by atoms with Crippen LogP contribution in [0, 0.1) is 0 Å². The molecule has 18 heavy (non-hydrogen) atoms. The van der Waals surface area contributed by atoms with Crippen molar-refractivity contribution in [1.82, 2.24) is 4.98 Å². The third kappa shape index (κ3) is 2.85. The molecule has 1 aromatic heterocycles. The van der Waals surface area contributed by atoms with Crippen LogP contribution in [0.5, 0.6) is 0 Å². The van der Waals surface area contributed by atoms with Crippen molar-refractivity contribution in [2.24, 2.45) is 0 Å². The molecule has 1 heterocycles. The summed E-state index contributed by atoms with van der Waals surface area (Å²) in [7, 11) is 3.89. The molecule has 92 valence electrons. The van der Waals surface area contributed by atoms with E-state index in [1.165, 1.54) is 0 Å². The lowest BCUT2D eigenvalue weighted by atomic mass is 10.2. The first-order valence-electron chi connectivity index (χ1n) is 5.66. The molecule has 0 saturated carbocycles. The second-order valence-corrected chi connectivity index (χ2v) is 4.11. The van der Waals surface area contributed by atoms with Gasteiger partial charge in [0, 0.05) is 37.6 Å². The highest BCUT2D eigenvalue weighted by molar-refractivity contribution is 6.03. The van der Waals surface area contributed by atoms with E-state index in [9.17, 15) is 4.79 Å². The van der Waals surface area contributed by atoms with Crippen molar-refractivity contribution in [2.45, 2.75) is 0 Å². The highest BCUT2D eigenvalue weighted by atomic mass is 16.1. The van der Waals surface area contributed by atoms with E-state index in [1.807, 2.05) is 49.3 Å². The number of amides is 1. The van der Waals surface area contributed by atoms with E-state index in [0.717, 1.165) is 5.69 Å². The summed E-state index contributed by atoms with van der Waals surface area (Å²) in [5.41, 5.74) is 1.61. The zero-order valence-electron chi connectivity index (χ0n) is 10.4. The predicted octanol–water partition coefficient (Wildman–Crippen LogP) is 2.40. The van der Waals surface area contributed by atoms with Crippen molar-refractivity contribution in [1.29, 1.82) is 0 Å². The van der Waals surface area contributed by atoms with Crippen molar-refractivity contribution in [3.63, 3.8) is 0 Å². The molecule has 0 radical (unpaired) electrons. The van der Waals surface area contributed by atoms with Gasteiger partial charge in [-0.15, -0.1) is 0 Å². The Morgan fingerprint density at radius 3 is 2.56 bits per heavy atom. The maximum absolute atomic E-state index is 11.9. The van der Waals surface area contributed by atoms with Gasteiger partial charge >= 0.3 is 0 Å². The Kier molecular flexibility index (Phi) is 3.57. The molecule has 2 aromatic rings. The van der Waals surface area contributed by atoms with Crippen molar-refractivity contribution >= 4 is 17.4 Å². The fourth-order valence-electron chi connectivity index (χ4n) is 1.54. The number of carbonyl (C=O) groups is 1. The molecule has 2 rings (SSSR count). The Hall–Kier alpha value is -2.36. The number of hydrogen-bond acceptors (Lipinski definition) is 3. The molecular formula is C14H15N3O. The van der Waals surface area contributed by atoms with E-state index in [2.05, 4.69) is 10.3 Å². The van der Waals surface area contributed by atoms with E-state index in [1.54, 1.807) is 18.3 Å². The minimum absolute atomic E-state index is 0.154. The Morgan fingerprint density at radius 2 is 1.89 bits per heavy atom. The molecule has 0 aliphatic heterocycles. The third-order valence-corrected chi connectivity index (χ3v) is 2.54. The minimum Gasteiger partial charge on any atom is -0.378 e. The number of benzene rings is 1. The van der Waals surface area contributed by atoms with Gasteiger partial charge < -0.3 is 10.2 Å². The fraction of sp³-hybridized carbons (Fsp3) is 0.143. The molecule has 1 aromatic carbocycles. The van der Waals surface area contributed by atoms with Crippen molar-refractivity contribution < 1.29 is 4.79 Å². The summed E-state index contributed by atoms with van der Waals surface area (Å²) in [5, 5.41) is 2.78. The molecule has 0 unspecified atom stereocenters. The molecule has 0 bridgehead atoms. The topological polar surface area (TPSA) is 45.2 Å². The van der Waals surface area contributed by atoms with Crippen LogP contribution in [0.2, 0.25) is 0 Å². The van der Waals surface area contributed by atoms with Crippen LogP contribution in [0.25, 0.3) is 0 Å². The Morgan fingerprint density at radius 1 is 1.17 bits per heavy atom. The average molecular weight is 241 g/mol. The van der Waals surface area contributed by atoms with Crippen LogP contribution >= 0.6 is 0 Å². The number of nitrogens with zero attached hydrogens (tertiary/aromatic N) is 2. The van der Waals surface area contributed by atoms with E-state index in [-0.39, 0.29) is 5.91 Å².